The van der Waals surface area contributed by atoms with Crippen LogP contribution in [-0.4, -0.2) is 20.3 Å². The Morgan fingerprint density at radius 1 is 0.792 bits per heavy atom. The molecule has 1 rings (SSSR count). The van der Waals surface area contributed by atoms with Gasteiger partial charge in [0.15, 0.2) is 0 Å². The molecule has 0 bridgehead atoms. The van der Waals surface area contributed by atoms with Crippen LogP contribution < -0.4 is 0 Å². The molecule has 132 valence electrons. The molecule has 0 fully saturated rings. The zero-order chi connectivity index (χ0) is 18.9. The van der Waals surface area contributed by atoms with E-state index >= 15 is 0 Å². The van der Waals surface area contributed by atoms with Crippen molar-refractivity contribution in [1.82, 2.24) is 0 Å². The van der Waals surface area contributed by atoms with E-state index in [2.05, 4.69) is 91.5 Å². The van der Waals surface area contributed by atoms with Crippen molar-refractivity contribution in [3.63, 3.8) is 0 Å². The van der Waals surface area contributed by atoms with Crippen LogP contribution in [0.2, 0.25) is 30.3 Å². The molecule has 0 amide bonds. The van der Waals surface area contributed by atoms with E-state index in [4.69, 9.17) is 22.9 Å². The summed E-state index contributed by atoms with van der Waals surface area (Å²) < 4.78 is 0. The van der Waals surface area contributed by atoms with Crippen LogP contribution in [0.4, 0.5) is 0 Å². The van der Waals surface area contributed by atoms with E-state index in [1.807, 2.05) is 0 Å². The second kappa shape index (κ2) is 7.64. The maximum atomic E-state index is 7.05. The van der Waals surface area contributed by atoms with Crippen LogP contribution in [0.25, 0.3) is 5.20 Å². The van der Waals surface area contributed by atoms with Gasteiger partial charge in [0.2, 0.25) is 0 Å². The first-order valence-electron chi connectivity index (χ1n) is 8.75. The van der Waals surface area contributed by atoms with Gasteiger partial charge in [0.25, 0.3) is 12.3 Å². The van der Waals surface area contributed by atoms with Crippen molar-refractivity contribution in [2.75, 3.05) is 0 Å². The summed E-state index contributed by atoms with van der Waals surface area (Å²) in [5.74, 6) is 0. The fourth-order valence-electron chi connectivity index (χ4n) is 2.95. The summed E-state index contributed by atoms with van der Waals surface area (Å²) in [5.41, 5.74) is 1.27. The Bertz CT molecular complexity index is 556. The summed E-state index contributed by atoms with van der Waals surface area (Å²) in [5, 5.41) is 2.54. The van der Waals surface area contributed by atoms with Gasteiger partial charge >= 0.3 is 0 Å². The molecule has 24 heavy (non-hydrogen) atoms. The van der Waals surface area contributed by atoms with Gasteiger partial charge in [-0.25, -0.2) is 0 Å². The number of rotatable bonds is 4. The molecule has 0 aromatic heterocycles. The largest absolute Gasteiger partial charge is 0.277 e. The number of halogens is 2. The van der Waals surface area contributed by atoms with Crippen LogP contribution in [0.15, 0.2) is 35.7 Å². The lowest BCUT2D eigenvalue weighted by Gasteiger charge is -2.37. The number of benzene rings is 1. The van der Waals surface area contributed by atoms with Crippen LogP contribution in [0.1, 0.15) is 47.1 Å². The molecule has 0 nitrogen and oxygen atoms in total. The van der Waals surface area contributed by atoms with Gasteiger partial charge in [-0.2, -0.15) is 22.9 Å². The summed E-state index contributed by atoms with van der Waals surface area (Å²) in [6, 6.07) is 10.7. The average molecular weight is 381 g/mol. The van der Waals surface area contributed by atoms with Crippen molar-refractivity contribution in [2.24, 2.45) is 0 Å². The smallest absolute Gasteiger partial charge is 0.189 e. The van der Waals surface area contributed by atoms with E-state index in [9.17, 15) is 0 Å². The van der Waals surface area contributed by atoms with Crippen LogP contribution in [0, 0.1) is 0 Å². The zero-order valence-electron chi connectivity index (χ0n) is 16.8. The molecule has 1 aromatic carbocycles. The predicted octanol–water partition coefficient (Wildman–Crippen LogP) is 7.46. The molecule has 0 atom stereocenters. The quantitative estimate of drug-likeness (QED) is 0.475. The van der Waals surface area contributed by atoms with Gasteiger partial charge in [0.05, 0.1) is 8.07 Å². The number of hydrogen-bond donors (Lipinski definition) is 0. The van der Waals surface area contributed by atoms with Crippen molar-refractivity contribution >= 4 is 48.4 Å². The van der Waals surface area contributed by atoms with Gasteiger partial charge in [-0.05, 0) is 16.2 Å². The minimum absolute atomic E-state index is 0.0467. The highest BCUT2D eigenvalue weighted by Gasteiger charge is 2.44. The lowest BCUT2D eigenvalue weighted by Crippen LogP contribution is -2.39. The Balaban J connectivity index is 3.81. The molecular formula is C19H32B2Cl2Si. The van der Waals surface area contributed by atoms with E-state index in [0.717, 1.165) is 0 Å². The Morgan fingerprint density at radius 3 is 1.46 bits per heavy atom. The molecule has 5 heteroatoms. The van der Waals surface area contributed by atoms with Gasteiger partial charge < -0.3 is 0 Å². The summed E-state index contributed by atoms with van der Waals surface area (Å²) in [6.45, 7) is 20.3. The normalized spacial score (nSPS) is 12.8. The molecule has 0 heterocycles. The van der Waals surface area contributed by atoms with Crippen LogP contribution in [-0.2, 0) is 0 Å². The summed E-state index contributed by atoms with van der Waals surface area (Å²) in [7, 11) is -1.66. The van der Waals surface area contributed by atoms with Gasteiger partial charge in [-0.15, -0.1) is 0 Å². The first-order chi connectivity index (χ1) is 10.7. The third-order valence-corrected chi connectivity index (χ3v) is 8.02. The fraction of sp³-hybridized carbons (Fsp3) is 0.579. The Kier molecular flexibility index (Phi) is 6.98. The van der Waals surface area contributed by atoms with Crippen molar-refractivity contribution < 1.29 is 0 Å². The second-order valence-corrected chi connectivity index (χ2v) is 15.8. The van der Waals surface area contributed by atoms with E-state index in [1.165, 1.54) is 16.1 Å². The van der Waals surface area contributed by atoms with Crippen molar-refractivity contribution in [2.45, 2.75) is 71.8 Å². The Hall–Kier alpha value is -0.113. The van der Waals surface area contributed by atoms with Crippen molar-refractivity contribution in [3.8, 4) is 0 Å². The molecule has 0 aliphatic heterocycles. The van der Waals surface area contributed by atoms with E-state index in [1.54, 1.807) is 0 Å². The monoisotopic (exact) mass is 380 g/mol. The topological polar surface area (TPSA) is 0 Å². The first-order valence-corrected chi connectivity index (χ1v) is 13.1. The molecule has 0 saturated carbocycles. The molecule has 0 aliphatic rings. The standard InChI is InChI=1S/C19H32B2Cl2Si/c1-18(2,3)20(22)17(21(23)19(4,5)6)16(24(7,8)9)15-13-11-10-12-14-15/h10-14H,1-9H3. The highest BCUT2D eigenvalue weighted by molar-refractivity contribution is 7.29. The maximum Gasteiger partial charge on any atom is 0.277 e. The van der Waals surface area contributed by atoms with Crippen molar-refractivity contribution in [3.05, 3.63) is 41.3 Å². The SMILES string of the molecule is CC(C)(C)B(Cl)C(B(Cl)C(C)(C)C)=C(c1ccccc1)[Si](C)(C)C. The summed E-state index contributed by atoms with van der Waals surface area (Å²) >= 11 is 14.1. The molecule has 1 aromatic rings. The molecule has 0 radical (unpaired) electrons. The van der Waals surface area contributed by atoms with E-state index in [0.29, 0.717) is 0 Å². The fourth-order valence-corrected chi connectivity index (χ4v) is 5.86. The molecule has 0 spiro atoms. The van der Waals surface area contributed by atoms with Crippen LogP contribution in [0.5, 0.6) is 0 Å². The lowest BCUT2D eigenvalue weighted by molar-refractivity contribution is 0.744. The van der Waals surface area contributed by atoms with Gasteiger partial charge in [0.1, 0.15) is 0 Å². The third-order valence-electron chi connectivity index (χ3n) is 4.17. The van der Waals surface area contributed by atoms with Crippen molar-refractivity contribution in [1.29, 1.82) is 0 Å². The van der Waals surface area contributed by atoms with Gasteiger partial charge in [-0.3, -0.25) is 0 Å². The minimum atomic E-state index is -1.66. The van der Waals surface area contributed by atoms with E-state index in [-0.39, 0.29) is 22.9 Å². The molecule has 0 aliphatic carbocycles. The third kappa shape index (κ3) is 5.44. The number of hydrogen-bond acceptors (Lipinski definition) is 0. The first kappa shape index (κ1) is 21.9. The maximum absolute atomic E-state index is 7.05. The summed E-state index contributed by atoms with van der Waals surface area (Å²) in [4.78, 5) is 0. The highest BCUT2D eigenvalue weighted by Crippen LogP contribution is 2.46. The molecular weight excluding hydrogens is 349 g/mol. The summed E-state index contributed by atoms with van der Waals surface area (Å²) in [6.07, 6.45) is -0.192. The van der Waals surface area contributed by atoms with Gasteiger partial charge in [0, 0.05) is 0 Å². The van der Waals surface area contributed by atoms with Crippen LogP contribution >= 0.6 is 22.9 Å². The minimum Gasteiger partial charge on any atom is -0.189 e. The highest BCUT2D eigenvalue weighted by atomic mass is 35.5. The average Bonchev–Trinajstić information content (AvgIpc) is 2.40. The van der Waals surface area contributed by atoms with Crippen LogP contribution in [0.3, 0.4) is 0 Å². The second-order valence-electron chi connectivity index (χ2n) is 9.90. The zero-order valence-corrected chi connectivity index (χ0v) is 19.3. The molecule has 0 N–H and O–H groups in total. The van der Waals surface area contributed by atoms with E-state index < -0.39 is 8.07 Å². The lowest BCUT2D eigenvalue weighted by atomic mass is 9.32. The Morgan fingerprint density at radius 2 is 1.17 bits per heavy atom. The predicted molar refractivity (Wildman–Crippen MR) is 119 cm³/mol. The molecule has 0 saturated heterocycles. The van der Waals surface area contributed by atoms with Gasteiger partial charge in [-0.1, -0.05) is 102 Å². The Labute approximate surface area is 161 Å². The molecule has 0 unspecified atom stereocenters.